The van der Waals surface area contributed by atoms with Crippen molar-refractivity contribution in [2.24, 2.45) is 0 Å². The van der Waals surface area contributed by atoms with Gasteiger partial charge in [-0.05, 0) is 19.3 Å². The van der Waals surface area contributed by atoms with Gasteiger partial charge in [0.2, 0.25) is 0 Å². The standard InChI is InChI=1S/C8H13BrF3NO2S/c9-5-4-7-3-1-2-6-13(7)16(14,15)8(10,11)12/h7H,1-6H2. The van der Waals surface area contributed by atoms with Crippen LogP contribution < -0.4 is 0 Å². The van der Waals surface area contributed by atoms with Crippen LogP contribution in [-0.4, -0.2) is 36.1 Å². The van der Waals surface area contributed by atoms with Crippen LogP contribution >= 0.6 is 15.9 Å². The third-order valence-electron chi connectivity index (χ3n) is 2.62. The van der Waals surface area contributed by atoms with Gasteiger partial charge in [0.1, 0.15) is 0 Å². The fourth-order valence-electron chi connectivity index (χ4n) is 1.84. The molecule has 0 saturated carbocycles. The highest BCUT2D eigenvalue weighted by molar-refractivity contribution is 9.09. The lowest BCUT2D eigenvalue weighted by Gasteiger charge is -2.34. The van der Waals surface area contributed by atoms with Gasteiger partial charge in [-0.25, -0.2) is 8.42 Å². The molecule has 0 bridgehead atoms. The summed E-state index contributed by atoms with van der Waals surface area (Å²) in [5, 5.41) is 0.502. The van der Waals surface area contributed by atoms with Crippen molar-refractivity contribution in [1.29, 1.82) is 0 Å². The minimum atomic E-state index is -5.19. The zero-order valence-electron chi connectivity index (χ0n) is 8.50. The summed E-state index contributed by atoms with van der Waals surface area (Å²) in [5.74, 6) is 0. The first kappa shape index (κ1) is 14.2. The average molecular weight is 324 g/mol. The molecular formula is C8H13BrF3NO2S. The predicted octanol–water partition coefficient (Wildman–Crippen LogP) is 2.48. The van der Waals surface area contributed by atoms with E-state index in [9.17, 15) is 21.6 Å². The van der Waals surface area contributed by atoms with E-state index in [1.165, 1.54) is 0 Å². The molecule has 0 aromatic rings. The van der Waals surface area contributed by atoms with Gasteiger partial charge in [0, 0.05) is 17.9 Å². The quantitative estimate of drug-likeness (QED) is 0.748. The van der Waals surface area contributed by atoms with Crippen molar-refractivity contribution in [2.45, 2.75) is 37.2 Å². The van der Waals surface area contributed by atoms with E-state index in [-0.39, 0.29) is 6.54 Å². The molecule has 1 fully saturated rings. The lowest BCUT2D eigenvalue weighted by Crippen LogP contribution is -2.49. The SMILES string of the molecule is O=S(=O)(N1CCCCC1CCBr)C(F)(F)F. The molecular weight excluding hydrogens is 311 g/mol. The van der Waals surface area contributed by atoms with Crippen LogP contribution in [-0.2, 0) is 10.0 Å². The largest absolute Gasteiger partial charge is 0.511 e. The van der Waals surface area contributed by atoms with Crippen molar-refractivity contribution in [3.63, 3.8) is 0 Å². The van der Waals surface area contributed by atoms with Crippen LogP contribution in [0.15, 0.2) is 0 Å². The molecule has 0 spiro atoms. The molecule has 1 aliphatic heterocycles. The normalized spacial score (nSPS) is 24.6. The molecule has 1 unspecified atom stereocenters. The van der Waals surface area contributed by atoms with Crippen molar-refractivity contribution in [3.05, 3.63) is 0 Å². The molecule has 0 aromatic carbocycles. The van der Waals surface area contributed by atoms with E-state index in [4.69, 9.17) is 0 Å². The van der Waals surface area contributed by atoms with Crippen molar-refractivity contribution in [3.8, 4) is 0 Å². The van der Waals surface area contributed by atoms with Gasteiger partial charge in [-0.2, -0.15) is 17.5 Å². The first-order valence-electron chi connectivity index (χ1n) is 4.95. The third-order valence-corrected chi connectivity index (χ3v) is 4.76. The highest BCUT2D eigenvalue weighted by atomic mass is 79.9. The predicted molar refractivity (Wildman–Crippen MR) is 57.7 cm³/mol. The summed E-state index contributed by atoms with van der Waals surface area (Å²) in [6.45, 7) is -0.0283. The molecule has 0 amide bonds. The van der Waals surface area contributed by atoms with Crippen LogP contribution in [0.2, 0.25) is 0 Å². The van der Waals surface area contributed by atoms with Crippen molar-refractivity contribution < 1.29 is 21.6 Å². The topological polar surface area (TPSA) is 37.4 Å². The molecule has 1 atom stereocenters. The molecule has 3 nitrogen and oxygen atoms in total. The van der Waals surface area contributed by atoms with E-state index in [1.54, 1.807) is 0 Å². The second-order valence-electron chi connectivity index (χ2n) is 3.69. The summed E-state index contributed by atoms with van der Waals surface area (Å²) >= 11 is 3.13. The molecule has 16 heavy (non-hydrogen) atoms. The first-order chi connectivity index (χ1) is 7.30. The number of piperidine rings is 1. The highest BCUT2D eigenvalue weighted by Gasteiger charge is 2.51. The first-order valence-corrected chi connectivity index (χ1v) is 7.51. The number of halogens is 4. The summed E-state index contributed by atoms with van der Waals surface area (Å²) in [5.41, 5.74) is -5.19. The highest BCUT2D eigenvalue weighted by Crippen LogP contribution is 2.32. The third kappa shape index (κ3) is 2.89. The summed E-state index contributed by atoms with van der Waals surface area (Å²) in [6, 6.07) is -0.528. The number of sulfonamides is 1. The van der Waals surface area contributed by atoms with Gasteiger partial charge >= 0.3 is 15.5 Å². The average Bonchev–Trinajstić information content (AvgIpc) is 2.17. The van der Waals surface area contributed by atoms with Crippen LogP contribution in [0.5, 0.6) is 0 Å². The zero-order chi connectivity index (χ0) is 12.4. The summed E-state index contributed by atoms with van der Waals surface area (Å²) < 4.78 is 60.3. The Kier molecular flexibility index (Phi) is 4.65. The van der Waals surface area contributed by atoms with E-state index < -0.39 is 21.6 Å². The van der Waals surface area contributed by atoms with Crippen LogP contribution in [0, 0.1) is 0 Å². The van der Waals surface area contributed by atoms with Gasteiger partial charge in [0.15, 0.2) is 0 Å². The molecule has 1 aliphatic rings. The Morgan fingerprint density at radius 3 is 2.44 bits per heavy atom. The molecule has 0 N–H and O–H groups in total. The maximum absolute atomic E-state index is 12.4. The van der Waals surface area contributed by atoms with Crippen LogP contribution in [0.25, 0.3) is 0 Å². The minimum absolute atomic E-state index is 0.0283. The lowest BCUT2D eigenvalue weighted by molar-refractivity contribution is -0.0508. The summed E-state index contributed by atoms with van der Waals surface area (Å²) in [6.07, 6.45) is 2.19. The van der Waals surface area contributed by atoms with Gasteiger partial charge in [-0.3, -0.25) is 0 Å². The van der Waals surface area contributed by atoms with Gasteiger partial charge in [0.05, 0.1) is 0 Å². The molecule has 0 aliphatic carbocycles. The van der Waals surface area contributed by atoms with Crippen molar-refractivity contribution in [1.82, 2.24) is 4.31 Å². The van der Waals surface area contributed by atoms with Crippen molar-refractivity contribution in [2.75, 3.05) is 11.9 Å². The Morgan fingerprint density at radius 2 is 1.94 bits per heavy atom. The molecule has 96 valence electrons. The molecule has 1 saturated heterocycles. The second-order valence-corrected chi connectivity index (χ2v) is 6.36. The summed E-state index contributed by atoms with van der Waals surface area (Å²) in [4.78, 5) is 0. The van der Waals surface area contributed by atoms with Gasteiger partial charge in [-0.1, -0.05) is 22.4 Å². The molecule has 1 rings (SSSR count). The van der Waals surface area contributed by atoms with Crippen LogP contribution in [0.1, 0.15) is 25.7 Å². The smallest absolute Gasteiger partial charge is 0.203 e. The van der Waals surface area contributed by atoms with E-state index in [1.807, 2.05) is 0 Å². The Bertz CT molecular complexity index is 329. The van der Waals surface area contributed by atoms with E-state index in [0.717, 1.165) is 6.42 Å². The van der Waals surface area contributed by atoms with Crippen LogP contribution in [0.4, 0.5) is 13.2 Å². The summed E-state index contributed by atoms with van der Waals surface area (Å²) in [7, 11) is -5.16. The van der Waals surface area contributed by atoms with Gasteiger partial charge in [0.25, 0.3) is 0 Å². The molecule has 0 aromatic heterocycles. The monoisotopic (exact) mass is 323 g/mol. The van der Waals surface area contributed by atoms with Gasteiger partial charge in [-0.15, -0.1) is 0 Å². The Labute approximate surface area is 101 Å². The molecule has 8 heteroatoms. The van der Waals surface area contributed by atoms with Gasteiger partial charge < -0.3 is 0 Å². The molecule has 1 heterocycles. The fraction of sp³-hybridized carbons (Fsp3) is 1.00. The van der Waals surface area contributed by atoms with Crippen LogP contribution in [0.3, 0.4) is 0 Å². The molecule has 0 radical (unpaired) electrons. The minimum Gasteiger partial charge on any atom is -0.203 e. The number of hydrogen-bond acceptors (Lipinski definition) is 2. The lowest BCUT2D eigenvalue weighted by atomic mass is 10.0. The number of nitrogens with zero attached hydrogens (tertiary/aromatic N) is 1. The Morgan fingerprint density at radius 1 is 1.31 bits per heavy atom. The fourth-order valence-corrected chi connectivity index (χ4v) is 3.61. The number of alkyl halides is 4. The number of hydrogen-bond donors (Lipinski definition) is 0. The second kappa shape index (κ2) is 5.22. The zero-order valence-corrected chi connectivity index (χ0v) is 10.9. The van der Waals surface area contributed by atoms with Crippen molar-refractivity contribution >= 4 is 26.0 Å². The maximum atomic E-state index is 12.4. The van der Waals surface area contributed by atoms with E-state index in [0.29, 0.717) is 28.9 Å². The van der Waals surface area contributed by atoms with E-state index in [2.05, 4.69) is 15.9 Å². The number of rotatable bonds is 3. The Hall–Kier alpha value is 0.180. The Balaban J connectivity index is 2.91. The maximum Gasteiger partial charge on any atom is 0.511 e. The van der Waals surface area contributed by atoms with E-state index >= 15 is 0 Å².